The summed E-state index contributed by atoms with van der Waals surface area (Å²) in [5, 5.41) is 0. The number of halogens is 3. The highest BCUT2D eigenvalue weighted by atomic mass is 32.2. The summed E-state index contributed by atoms with van der Waals surface area (Å²) in [6.45, 7) is 3.77. The van der Waals surface area contributed by atoms with E-state index < -0.39 is 17.8 Å². The van der Waals surface area contributed by atoms with E-state index in [4.69, 9.17) is 4.74 Å². The van der Waals surface area contributed by atoms with Gasteiger partial charge in [0.25, 0.3) is 0 Å². The summed E-state index contributed by atoms with van der Waals surface area (Å²) in [6, 6.07) is 2.86. The summed E-state index contributed by atoms with van der Waals surface area (Å²) in [4.78, 5) is 19.8. The largest absolute Gasteiger partial charge is 0.462 e. The van der Waals surface area contributed by atoms with Crippen molar-refractivity contribution in [2.75, 3.05) is 12.4 Å². The monoisotopic (exact) mass is 330 g/mol. The Balaban J connectivity index is 2.58. The number of hydrogen-bond acceptors (Lipinski definition) is 5. The molecule has 0 aliphatic heterocycles. The molecule has 0 amide bonds. The van der Waals surface area contributed by atoms with Crippen molar-refractivity contribution in [1.82, 2.24) is 9.97 Å². The number of ether oxygens (including phenoxy) is 1. The van der Waals surface area contributed by atoms with Crippen molar-refractivity contribution in [3.05, 3.63) is 29.6 Å². The second-order valence-corrected chi connectivity index (χ2v) is 5.55. The molecular formula is C14H13F3N2O2S. The van der Waals surface area contributed by atoms with Crippen LogP contribution in [0.25, 0.3) is 11.0 Å². The first kappa shape index (κ1) is 16.5. The van der Waals surface area contributed by atoms with Crippen LogP contribution in [0, 0.1) is 0 Å². The van der Waals surface area contributed by atoms with E-state index >= 15 is 0 Å². The van der Waals surface area contributed by atoms with Gasteiger partial charge in [-0.25, -0.2) is 9.78 Å². The topological polar surface area (TPSA) is 52.1 Å². The van der Waals surface area contributed by atoms with Crippen LogP contribution in [0.15, 0.2) is 23.2 Å². The highest BCUT2D eigenvalue weighted by molar-refractivity contribution is 7.99. The molecule has 0 bridgehead atoms. The molecule has 0 aliphatic carbocycles. The Morgan fingerprint density at radius 3 is 2.59 bits per heavy atom. The van der Waals surface area contributed by atoms with Crippen LogP contribution in [0.2, 0.25) is 0 Å². The lowest BCUT2D eigenvalue weighted by Crippen LogP contribution is -2.10. The normalized spacial score (nSPS) is 11.7. The first-order chi connectivity index (χ1) is 10.4. The minimum Gasteiger partial charge on any atom is -0.462 e. The number of fused-ring (bicyclic) bond motifs is 1. The summed E-state index contributed by atoms with van der Waals surface area (Å²) in [5.74, 6) is 0.131. The van der Waals surface area contributed by atoms with Gasteiger partial charge in [-0.15, -0.1) is 11.8 Å². The number of aromatic nitrogens is 2. The van der Waals surface area contributed by atoms with Crippen molar-refractivity contribution in [3.8, 4) is 0 Å². The zero-order chi connectivity index (χ0) is 16.3. The lowest BCUT2D eigenvalue weighted by molar-refractivity contribution is -0.141. The number of nitrogens with zero attached hydrogens (tertiary/aromatic N) is 2. The van der Waals surface area contributed by atoms with Crippen LogP contribution in [0.4, 0.5) is 13.2 Å². The molecule has 0 spiro atoms. The molecule has 2 rings (SSSR count). The Hall–Kier alpha value is -1.83. The fourth-order valence-electron chi connectivity index (χ4n) is 1.82. The highest BCUT2D eigenvalue weighted by Gasteiger charge is 2.33. The van der Waals surface area contributed by atoms with E-state index in [1.807, 2.05) is 6.92 Å². The van der Waals surface area contributed by atoms with Crippen LogP contribution in [0.3, 0.4) is 0 Å². The minimum atomic E-state index is -4.56. The van der Waals surface area contributed by atoms with Gasteiger partial charge in [-0.05, 0) is 24.8 Å². The molecule has 0 fully saturated rings. The second kappa shape index (κ2) is 6.51. The van der Waals surface area contributed by atoms with Crippen LogP contribution >= 0.6 is 11.8 Å². The van der Waals surface area contributed by atoms with Crippen molar-refractivity contribution in [3.63, 3.8) is 0 Å². The number of carbonyl (C=O) groups is 1. The van der Waals surface area contributed by atoms with E-state index in [1.54, 1.807) is 6.92 Å². The molecule has 118 valence electrons. The molecule has 4 nitrogen and oxygen atoms in total. The van der Waals surface area contributed by atoms with Crippen molar-refractivity contribution < 1.29 is 22.7 Å². The van der Waals surface area contributed by atoms with Gasteiger partial charge >= 0.3 is 12.1 Å². The van der Waals surface area contributed by atoms with E-state index in [-0.39, 0.29) is 23.2 Å². The third-order valence-corrected chi connectivity index (χ3v) is 3.67. The Bertz CT molecular complexity index is 704. The minimum absolute atomic E-state index is 0.0961. The van der Waals surface area contributed by atoms with Crippen LogP contribution < -0.4 is 0 Å². The predicted molar refractivity (Wildman–Crippen MR) is 76.9 cm³/mol. The third-order valence-electron chi connectivity index (χ3n) is 2.73. The standard InChI is InChI=1S/C14H13F3N2O2S/c1-3-21-13(20)8-5-9-10(6-11(8)22-4-2)19-12(7-18-9)14(15,16)17/h5-7H,3-4H2,1-2H3. The van der Waals surface area contributed by atoms with Gasteiger partial charge in [0.2, 0.25) is 0 Å². The molecule has 0 N–H and O–H groups in total. The molecule has 0 radical (unpaired) electrons. The van der Waals surface area contributed by atoms with E-state index in [9.17, 15) is 18.0 Å². The summed E-state index contributed by atoms with van der Waals surface area (Å²) in [5.41, 5.74) is -0.457. The van der Waals surface area contributed by atoms with Gasteiger partial charge in [0.1, 0.15) is 0 Å². The SMILES string of the molecule is CCOC(=O)c1cc2ncc(C(F)(F)F)nc2cc1SCC. The van der Waals surface area contributed by atoms with Crippen molar-refractivity contribution >= 4 is 28.8 Å². The average molecular weight is 330 g/mol. The maximum Gasteiger partial charge on any atom is 0.434 e. The molecule has 8 heteroatoms. The summed E-state index contributed by atoms with van der Waals surface area (Å²) in [6.07, 6.45) is -3.90. The predicted octanol–water partition coefficient (Wildman–Crippen LogP) is 3.94. The second-order valence-electron chi connectivity index (χ2n) is 4.24. The number of carbonyl (C=O) groups excluding carboxylic acids is 1. The van der Waals surface area contributed by atoms with Crippen molar-refractivity contribution in [2.45, 2.75) is 24.9 Å². The average Bonchev–Trinajstić information content (AvgIpc) is 2.45. The van der Waals surface area contributed by atoms with Crippen LogP contribution in [-0.2, 0) is 10.9 Å². The van der Waals surface area contributed by atoms with Gasteiger partial charge < -0.3 is 4.74 Å². The van der Waals surface area contributed by atoms with Crippen LogP contribution in [-0.4, -0.2) is 28.3 Å². The van der Waals surface area contributed by atoms with Gasteiger partial charge in [0.05, 0.1) is 29.4 Å². The Morgan fingerprint density at radius 1 is 1.27 bits per heavy atom. The quantitative estimate of drug-likeness (QED) is 0.628. The molecule has 1 aromatic heterocycles. The summed E-state index contributed by atoms with van der Waals surface area (Å²) in [7, 11) is 0. The maximum absolute atomic E-state index is 12.7. The highest BCUT2D eigenvalue weighted by Crippen LogP contribution is 2.31. The summed E-state index contributed by atoms with van der Waals surface area (Å²) < 4.78 is 43.0. The first-order valence-electron chi connectivity index (χ1n) is 6.54. The number of alkyl halides is 3. The smallest absolute Gasteiger partial charge is 0.434 e. The number of esters is 1. The molecule has 22 heavy (non-hydrogen) atoms. The molecule has 2 aromatic rings. The third kappa shape index (κ3) is 3.49. The summed E-state index contributed by atoms with van der Waals surface area (Å²) >= 11 is 1.33. The zero-order valence-corrected chi connectivity index (χ0v) is 12.7. The lowest BCUT2D eigenvalue weighted by atomic mass is 10.2. The van der Waals surface area contributed by atoms with Crippen LogP contribution in [0.5, 0.6) is 0 Å². The molecule has 0 aliphatic rings. The molecular weight excluding hydrogens is 317 g/mol. The Kier molecular flexibility index (Phi) is 4.90. The molecule has 1 heterocycles. The number of benzene rings is 1. The zero-order valence-electron chi connectivity index (χ0n) is 11.9. The van der Waals surface area contributed by atoms with Gasteiger partial charge in [-0.3, -0.25) is 4.98 Å². The maximum atomic E-state index is 12.7. The molecule has 1 aromatic carbocycles. The molecule has 0 unspecified atom stereocenters. The molecule has 0 saturated heterocycles. The molecule has 0 atom stereocenters. The number of hydrogen-bond donors (Lipinski definition) is 0. The van der Waals surface area contributed by atoms with E-state index in [1.165, 1.54) is 23.9 Å². The molecule has 0 saturated carbocycles. The van der Waals surface area contributed by atoms with Gasteiger partial charge in [0, 0.05) is 4.90 Å². The van der Waals surface area contributed by atoms with E-state index in [0.29, 0.717) is 16.8 Å². The fourth-order valence-corrected chi connectivity index (χ4v) is 2.62. The lowest BCUT2D eigenvalue weighted by Gasteiger charge is -2.10. The van der Waals surface area contributed by atoms with Crippen molar-refractivity contribution in [2.24, 2.45) is 0 Å². The number of rotatable bonds is 4. The van der Waals surface area contributed by atoms with Gasteiger partial charge in [0.15, 0.2) is 5.69 Å². The van der Waals surface area contributed by atoms with Gasteiger partial charge in [-0.1, -0.05) is 6.92 Å². The van der Waals surface area contributed by atoms with E-state index in [2.05, 4.69) is 9.97 Å². The van der Waals surface area contributed by atoms with Gasteiger partial charge in [-0.2, -0.15) is 13.2 Å². The van der Waals surface area contributed by atoms with Crippen LogP contribution in [0.1, 0.15) is 29.9 Å². The first-order valence-corrected chi connectivity index (χ1v) is 7.53. The van der Waals surface area contributed by atoms with E-state index in [0.717, 1.165) is 0 Å². The Labute approximate surface area is 129 Å². The number of thioether (sulfide) groups is 1. The Morgan fingerprint density at radius 2 is 2.00 bits per heavy atom. The fraction of sp³-hybridized carbons (Fsp3) is 0.357. The van der Waals surface area contributed by atoms with Crippen molar-refractivity contribution in [1.29, 1.82) is 0 Å².